The van der Waals surface area contributed by atoms with Crippen LogP contribution in [0.3, 0.4) is 0 Å². The summed E-state index contributed by atoms with van der Waals surface area (Å²) < 4.78 is 6.44. The van der Waals surface area contributed by atoms with Crippen LogP contribution in [0.4, 0.5) is 5.13 Å². The largest absolute Gasteiger partial charge is 0.466 e. The molecule has 30 heavy (non-hydrogen) atoms. The Bertz CT molecular complexity index is 995. The second-order valence-corrected chi connectivity index (χ2v) is 8.89. The van der Waals surface area contributed by atoms with E-state index in [-0.39, 0.29) is 29.3 Å². The predicted molar refractivity (Wildman–Crippen MR) is 113 cm³/mol. The fourth-order valence-corrected chi connectivity index (χ4v) is 5.23. The molecule has 162 valence electrons. The number of aromatic nitrogens is 3. The third-order valence-corrected chi connectivity index (χ3v) is 6.80. The average molecular weight is 434 g/mol. The van der Waals surface area contributed by atoms with Crippen molar-refractivity contribution in [3.8, 4) is 0 Å². The number of hydrogen-bond acceptors (Lipinski definition) is 8. The first-order valence-corrected chi connectivity index (χ1v) is 11.4. The lowest BCUT2D eigenvalue weighted by Gasteiger charge is -2.37. The van der Waals surface area contributed by atoms with Crippen LogP contribution in [0.1, 0.15) is 38.3 Å². The highest BCUT2D eigenvalue weighted by Crippen LogP contribution is 2.29. The molecular formula is C20H27N5O4S. The molecular weight excluding hydrogens is 406 g/mol. The van der Waals surface area contributed by atoms with Crippen molar-refractivity contribution in [2.75, 3.05) is 37.7 Å². The summed E-state index contributed by atoms with van der Waals surface area (Å²) in [6.07, 6.45) is 3.06. The van der Waals surface area contributed by atoms with Crippen LogP contribution in [0.25, 0.3) is 4.96 Å². The van der Waals surface area contributed by atoms with Crippen molar-refractivity contribution in [3.63, 3.8) is 0 Å². The molecule has 2 aliphatic heterocycles. The van der Waals surface area contributed by atoms with Crippen molar-refractivity contribution in [2.45, 2.75) is 39.5 Å². The Kier molecular flexibility index (Phi) is 6.03. The maximum Gasteiger partial charge on any atom is 0.309 e. The molecule has 0 unspecified atom stereocenters. The minimum absolute atomic E-state index is 0.101. The Morgan fingerprint density at radius 2 is 1.97 bits per heavy atom. The van der Waals surface area contributed by atoms with Crippen molar-refractivity contribution in [1.82, 2.24) is 19.5 Å². The number of hydrogen-bond donors (Lipinski definition) is 0. The van der Waals surface area contributed by atoms with Gasteiger partial charge in [-0.1, -0.05) is 11.3 Å². The second-order valence-electron chi connectivity index (χ2n) is 7.95. The summed E-state index contributed by atoms with van der Waals surface area (Å²) in [5.41, 5.74) is 0.488. The van der Waals surface area contributed by atoms with Crippen LogP contribution in [0, 0.1) is 18.8 Å². The number of carbonyl (C=O) groups excluding carboxylic acids is 2. The van der Waals surface area contributed by atoms with Gasteiger partial charge in [-0.2, -0.15) is 4.52 Å². The number of carbonyl (C=O) groups is 2. The topological polar surface area (TPSA) is 97.1 Å². The minimum Gasteiger partial charge on any atom is -0.466 e. The molecule has 2 fully saturated rings. The van der Waals surface area contributed by atoms with Gasteiger partial charge in [-0.3, -0.25) is 14.4 Å². The summed E-state index contributed by atoms with van der Waals surface area (Å²) in [5, 5.41) is 5.17. The zero-order chi connectivity index (χ0) is 21.3. The average Bonchev–Trinajstić information content (AvgIpc) is 3.18. The van der Waals surface area contributed by atoms with Gasteiger partial charge in [-0.15, -0.1) is 5.10 Å². The fraction of sp³-hybridized carbons (Fsp3) is 0.650. The first-order valence-electron chi connectivity index (χ1n) is 10.5. The molecule has 2 aromatic heterocycles. The van der Waals surface area contributed by atoms with E-state index < -0.39 is 0 Å². The summed E-state index contributed by atoms with van der Waals surface area (Å²) in [6, 6.07) is 1.47. The number of esters is 1. The monoisotopic (exact) mass is 433 g/mol. The number of aryl methyl sites for hydroxylation is 1. The maximum atomic E-state index is 13.1. The molecule has 1 atom stereocenters. The number of amides is 1. The van der Waals surface area contributed by atoms with Crippen molar-refractivity contribution in [1.29, 1.82) is 0 Å². The molecule has 0 saturated carbocycles. The van der Waals surface area contributed by atoms with Gasteiger partial charge in [-0.05, 0) is 39.5 Å². The minimum atomic E-state index is -0.186. The van der Waals surface area contributed by atoms with Gasteiger partial charge >= 0.3 is 5.97 Å². The highest BCUT2D eigenvalue weighted by Gasteiger charge is 2.34. The van der Waals surface area contributed by atoms with Crippen LogP contribution in [0.5, 0.6) is 0 Å². The Morgan fingerprint density at radius 1 is 1.20 bits per heavy atom. The normalized spacial score (nSPS) is 20.5. The third kappa shape index (κ3) is 4.19. The zero-order valence-electron chi connectivity index (χ0n) is 17.4. The van der Waals surface area contributed by atoms with E-state index in [1.807, 2.05) is 11.8 Å². The van der Waals surface area contributed by atoms with Crippen molar-refractivity contribution < 1.29 is 14.3 Å². The van der Waals surface area contributed by atoms with Crippen molar-refractivity contribution >= 4 is 33.3 Å². The van der Waals surface area contributed by atoms with E-state index in [1.165, 1.54) is 21.9 Å². The summed E-state index contributed by atoms with van der Waals surface area (Å²) in [5.74, 6) is -0.206. The van der Waals surface area contributed by atoms with Crippen LogP contribution in [-0.4, -0.2) is 64.2 Å². The lowest BCUT2D eigenvalue weighted by molar-refractivity contribution is -0.151. The van der Waals surface area contributed by atoms with Gasteiger partial charge in [0.1, 0.15) is 0 Å². The van der Waals surface area contributed by atoms with Gasteiger partial charge in [0, 0.05) is 37.9 Å². The molecule has 0 bridgehead atoms. The number of likely N-dealkylation sites (tertiary alicyclic amines) is 1. The molecule has 0 aromatic carbocycles. The van der Waals surface area contributed by atoms with E-state index in [2.05, 4.69) is 15.0 Å². The summed E-state index contributed by atoms with van der Waals surface area (Å²) >= 11 is 1.38. The van der Waals surface area contributed by atoms with E-state index in [0.29, 0.717) is 49.7 Å². The second kappa shape index (κ2) is 8.71. The Balaban J connectivity index is 1.41. The molecule has 4 heterocycles. The SMILES string of the molecule is CCOC(=O)C1CCN(C(=O)[C@@H]2CCCN(c3nn4c(=O)cc(C)nc4s3)C2)CC1. The van der Waals surface area contributed by atoms with Gasteiger partial charge in [0.15, 0.2) is 0 Å². The highest BCUT2D eigenvalue weighted by atomic mass is 32.1. The number of fused-ring (bicyclic) bond motifs is 1. The molecule has 2 aromatic rings. The molecule has 1 amide bonds. The smallest absolute Gasteiger partial charge is 0.309 e. The summed E-state index contributed by atoms with van der Waals surface area (Å²) in [4.78, 5) is 46.1. The standard InChI is InChI=1S/C20H27N5O4S/c1-3-29-18(28)14-6-9-23(10-7-14)17(27)15-5-4-8-24(12-15)20-22-25-16(26)11-13(2)21-19(25)30-20/h11,14-15H,3-10,12H2,1-2H3/t15-/m1/s1. The first-order chi connectivity index (χ1) is 14.5. The molecule has 4 rings (SSSR count). The van der Waals surface area contributed by atoms with Crippen molar-refractivity contribution in [2.24, 2.45) is 11.8 Å². The van der Waals surface area contributed by atoms with Crippen LogP contribution >= 0.6 is 11.3 Å². The Hall–Kier alpha value is -2.49. The molecule has 0 aliphatic carbocycles. The lowest BCUT2D eigenvalue weighted by Crippen LogP contribution is -2.48. The molecule has 10 heteroatoms. The molecule has 0 spiro atoms. The van der Waals surface area contributed by atoms with Gasteiger partial charge in [0.05, 0.1) is 18.4 Å². The predicted octanol–water partition coefficient (Wildman–Crippen LogP) is 1.48. The van der Waals surface area contributed by atoms with E-state index >= 15 is 0 Å². The van der Waals surface area contributed by atoms with Gasteiger partial charge < -0.3 is 14.5 Å². The molecule has 0 radical (unpaired) electrons. The van der Waals surface area contributed by atoms with Gasteiger partial charge in [-0.25, -0.2) is 4.98 Å². The Labute approximate surface area is 178 Å². The van der Waals surface area contributed by atoms with Gasteiger partial charge in [0.2, 0.25) is 16.0 Å². The van der Waals surface area contributed by atoms with E-state index in [9.17, 15) is 14.4 Å². The number of nitrogens with zero attached hydrogens (tertiary/aromatic N) is 5. The van der Waals surface area contributed by atoms with E-state index in [4.69, 9.17) is 4.74 Å². The summed E-state index contributed by atoms with van der Waals surface area (Å²) in [7, 11) is 0. The zero-order valence-corrected chi connectivity index (χ0v) is 18.2. The van der Waals surface area contributed by atoms with E-state index in [1.54, 1.807) is 6.92 Å². The number of piperidine rings is 2. The molecule has 2 aliphatic rings. The van der Waals surface area contributed by atoms with E-state index in [0.717, 1.165) is 24.5 Å². The fourth-order valence-electron chi connectivity index (χ4n) is 4.24. The molecule has 0 N–H and O–H groups in total. The molecule has 2 saturated heterocycles. The Morgan fingerprint density at radius 3 is 2.70 bits per heavy atom. The lowest BCUT2D eigenvalue weighted by atomic mass is 9.93. The highest BCUT2D eigenvalue weighted by molar-refractivity contribution is 7.20. The number of rotatable bonds is 4. The van der Waals surface area contributed by atoms with Gasteiger partial charge in [0.25, 0.3) is 5.56 Å². The quantitative estimate of drug-likeness (QED) is 0.674. The first kappa shape index (κ1) is 20.8. The van der Waals surface area contributed by atoms with Crippen molar-refractivity contribution in [3.05, 3.63) is 22.1 Å². The maximum absolute atomic E-state index is 13.1. The molecule has 9 nitrogen and oxygen atoms in total. The van der Waals surface area contributed by atoms with Crippen LogP contribution < -0.4 is 10.5 Å². The summed E-state index contributed by atoms with van der Waals surface area (Å²) in [6.45, 7) is 6.58. The van der Waals surface area contributed by atoms with Crippen LogP contribution in [0.15, 0.2) is 10.9 Å². The van der Waals surface area contributed by atoms with Crippen LogP contribution in [0.2, 0.25) is 0 Å². The third-order valence-electron chi connectivity index (χ3n) is 5.83. The number of ether oxygens (including phenoxy) is 1. The number of anilines is 1. The van der Waals surface area contributed by atoms with Crippen LogP contribution in [-0.2, 0) is 14.3 Å².